The third kappa shape index (κ3) is 5.29. The molecule has 0 aliphatic carbocycles. The minimum atomic E-state index is -0.269. The molecule has 0 spiro atoms. The van der Waals surface area contributed by atoms with Crippen LogP contribution in [-0.4, -0.2) is 37.7 Å². The molecule has 1 aliphatic rings. The molecule has 0 aromatic heterocycles. The Balaban J connectivity index is 1.83. The fourth-order valence-corrected chi connectivity index (χ4v) is 2.57. The topological polar surface area (TPSA) is 24.5 Å². The van der Waals surface area contributed by atoms with E-state index < -0.39 is 0 Å². The molecule has 4 heteroatoms. The van der Waals surface area contributed by atoms with Crippen LogP contribution in [0.5, 0.6) is 5.75 Å². The summed E-state index contributed by atoms with van der Waals surface area (Å²) >= 11 is 0. The number of nitrogens with zero attached hydrogens (tertiary/aromatic N) is 1. The normalized spacial score (nSPS) is 17.1. The lowest BCUT2D eigenvalue weighted by molar-refractivity contribution is 0.234. The van der Waals surface area contributed by atoms with Gasteiger partial charge in [0.05, 0.1) is 6.61 Å². The van der Waals surface area contributed by atoms with Crippen molar-refractivity contribution in [2.75, 3.05) is 26.7 Å². The van der Waals surface area contributed by atoms with Crippen LogP contribution in [0, 0.1) is 5.82 Å². The van der Waals surface area contributed by atoms with Crippen molar-refractivity contribution in [2.45, 2.75) is 45.2 Å². The average Bonchev–Trinajstić information content (AvgIpc) is 2.49. The van der Waals surface area contributed by atoms with Gasteiger partial charge in [-0.25, -0.2) is 4.39 Å². The van der Waals surface area contributed by atoms with E-state index in [1.807, 2.05) is 12.1 Å². The standard InChI is InChI=1S/C17H27FN2O/c1-3-4-11-21-17-12-14(5-6-16(17)18)13-19-15-7-9-20(2)10-8-15/h5-6,12,15,19H,3-4,7-11,13H2,1-2H3. The molecule has 118 valence electrons. The molecule has 1 fully saturated rings. The summed E-state index contributed by atoms with van der Waals surface area (Å²) in [5.74, 6) is 0.111. The summed E-state index contributed by atoms with van der Waals surface area (Å²) in [4.78, 5) is 2.36. The first kappa shape index (κ1) is 16.2. The van der Waals surface area contributed by atoms with Crippen LogP contribution in [0.15, 0.2) is 18.2 Å². The molecule has 1 heterocycles. The molecule has 1 aliphatic heterocycles. The van der Waals surface area contributed by atoms with Crippen molar-refractivity contribution in [1.29, 1.82) is 0 Å². The number of rotatable bonds is 7. The minimum absolute atomic E-state index is 0.269. The van der Waals surface area contributed by atoms with E-state index in [2.05, 4.69) is 24.2 Å². The van der Waals surface area contributed by atoms with E-state index in [4.69, 9.17) is 4.74 Å². The largest absolute Gasteiger partial charge is 0.491 e. The zero-order valence-electron chi connectivity index (χ0n) is 13.2. The van der Waals surface area contributed by atoms with Gasteiger partial charge in [-0.2, -0.15) is 0 Å². The van der Waals surface area contributed by atoms with E-state index in [1.54, 1.807) is 0 Å². The van der Waals surface area contributed by atoms with Gasteiger partial charge in [-0.15, -0.1) is 0 Å². The molecule has 0 unspecified atom stereocenters. The predicted octanol–water partition coefficient (Wildman–Crippen LogP) is 3.19. The average molecular weight is 294 g/mol. The van der Waals surface area contributed by atoms with Crippen molar-refractivity contribution in [1.82, 2.24) is 10.2 Å². The third-order valence-electron chi connectivity index (χ3n) is 4.06. The number of unbranched alkanes of at least 4 members (excludes halogenated alkanes) is 1. The monoisotopic (exact) mass is 294 g/mol. The summed E-state index contributed by atoms with van der Waals surface area (Å²) in [7, 11) is 2.16. The molecule has 2 rings (SSSR count). The molecule has 21 heavy (non-hydrogen) atoms. The number of hydrogen-bond donors (Lipinski definition) is 1. The van der Waals surface area contributed by atoms with E-state index in [-0.39, 0.29) is 5.82 Å². The van der Waals surface area contributed by atoms with Crippen LogP contribution < -0.4 is 10.1 Å². The van der Waals surface area contributed by atoms with Crippen molar-refractivity contribution in [2.24, 2.45) is 0 Å². The Morgan fingerprint density at radius 3 is 2.81 bits per heavy atom. The highest BCUT2D eigenvalue weighted by Crippen LogP contribution is 2.19. The summed E-state index contributed by atoms with van der Waals surface area (Å²) in [5.41, 5.74) is 1.09. The SMILES string of the molecule is CCCCOc1cc(CNC2CCN(C)CC2)ccc1F. The summed E-state index contributed by atoms with van der Waals surface area (Å²) in [6, 6.07) is 5.74. The van der Waals surface area contributed by atoms with Gasteiger partial charge in [0.25, 0.3) is 0 Å². The molecule has 1 saturated heterocycles. The fourth-order valence-electron chi connectivity index (χ4n) is 2.57. The van der Waals surface area contributed by atoms with Gasteiger partial charge in [-0.3, -0.25) is 0 Å². The highest BCUT2D eigenvalue weighted by atomic mass is 19.1. The molecule has 0 amide bonds. The molecular weight excluding hydrogens is 267 g/mol. The van der Waals surface area contributed by atoms with Crippen molar-refractivity contribution in [3.63, 3.8) is 0 Å². The Kier molecular flexibility index (Phi) is 6.46. The third-order valence-corrected chi connectivity index (χ3v) is 4.06. The molecule has 1 aromatic rings. The second-order valence-electron chi connectivity index (χ2n) is 5.93. The van der Waals surface area contributed by atoms with E-state index in [0.29, 0.717) is 18.4 Å². The highest BCUT2D eigenvalue weighted by molar-refractivity contribution is 5.30. The quantitative estimate of drug-likeness (QED) is 0.782. The van der Waals surface area contributed by atoms with Crippen molar-refractivity contribution < 1.29 is 9.13 Å². The highest BCUT2D eigenvalue weighted by Gasteiger charge is 2.16. The van der Waals surface area contributed by atoms with Crippen LogP contribution in [-0.2, 0) is 6.54 Å². The molecule has 1 N–H and O–H groups in total. The maximum absolute atomic E-state index is 13.7. The van der Waals surface area contributed by atoms with Gasteiger partial charge >= 0.3 is 0 Å². The van der Waals surface area contributed by atoms with E-state index in [1.165, 1.54) is 18.9 Å². The van der Waals surface area contributed by atoms with Crippen LogP contribution in [0.3, 0.4) is 0 Å². The Bertz CT molecular complexity index is 431. The minimum Gasteiger partial charge on any atom is -0.491 e. The molecule has 0 saturated carbocycles. The predicted molar refractivity (Wildman–Crippen MR) is 84.2 cm³/mol. The molecular formula is C17H27FN2O. The first-order valence-corrected chi connectivity index (χ1v) is 8.02. The van der Waals surface area contributed by atoms with Gasteiger partial charge in [0.15, 0.2) is 11.6 Å². The molecule has 0 bridgehead atoms. The molecule has 0 atom stereocenters. The van der Waals surface area contributed by atoms with Crippen LogP contribution >= 0.6 is 0 Å². The first-order valence-electron chi connectivity index (χ1n) is 8.02. The summed E-state index contributed by atoms with van der Waals surface area (Å²) in [5, 5.41) is 3.57. The number of piperidine rings is 1. The van der Waals surface area contributed by atoms with Crippen LogP contribution in [0.1, 0.15) is 38.2 Å². The maximum atomic E-state index is 13.7. The summed E-state index contributed by atoms with van der Waals surface area (Å²) < 4.78 is 19.2. The molecule has 1 aromatic carbocycles. The Morgan fingerprint density at radius 2 is 2.10 bits per heavy atom. The van der Waals surface area contributed by atoms with Crippen LogP contribution in [0.25, 0.3) is 0 Å². The Labute approximate surface area is 127 Å². The zero-order valence-corrected chi connectivity index (χ0v) is 13.2. The zero-order chi connectivity index (χ0) is 15.1. The van der Waals surface area contributed by atoms with Crippen LogP contribution in [0.4, 0.5) is 4.39 Å². The fraction of sp³-hybridized carbons (Fsp3) is 0.647. The van der Waals surface area contributed by atoms with Crippen LogP contribution in [0.2, 0.25) is 0 Å². The smallest absolute Gasteiger partial charge is 0.165 e. The van der Waals surface area contributed by atoms with Gasteiger partial charge in [-0.05, 0) is 57.1 Å². The number of benzene rings is 1. The van der Waals surface area contributed by atoms with Gasteiger partial charge in [0.2, 0.25) is 0 Å². The van der Waals surface area contributed by atoms with E-state index in [9.17, 15) is 4.39 Å². The lowest BCUT2D eigenvalue weighted by Crippen LogP contribution is -2.40. The second-order valence-corrected chi connectivity index (χ2v) is 5.93. The number of likely N-dealkylation sites (tertiary alicyclic amines) is 1. The number of nitrogens with one attached hydrogen (secondary N) is 1. The first-order chi connectivity index (χ1) is 10.2. The summed E-state index contributed by atoms with van der Waals surface area (Å²) in [6.45, 7) is 5.75. The lowest BCUT2D eigenvalue weighted by Gasteiger charge is -2.29. The second kappa shape index (κ2) is 8.35. The Hall–Kier alpha value is -1.13. The number of ether oxygens (including phenoxy) is 1. The number of halogens is 1. The van der Waals surface area contributed by atoms with Crippen molar-refractivity contribution in [3.05, 3.63) is 29.6 Å². The maximum Gasteiger partial charge on any atom is 0.165 e. The van der Waals surface area contributed by atoms with E-state index in [0.717, 1.165) is 38.0 Å². The molecule has 0 radical (unpaired) electrons. The van der Waals surface area contributed by atoms with Gasteiger partial charge in [0.1, 0.15) is 0 Å². The Morgan fingerprint density at radius 1 is 1.33 bits per heavy atom. The van der Waals surface area contributed by atoms with Crippen molar-refractivity contribution in [3.8, 4) is 5.75 Å². The summed E-state index contributed by atoms with van der Waals surface area (Å²) in [6.07, 6.45) is 4.37. The van der Waals surface area contributed by atoms with E-state index >= 15 is 0 Å². The van der Waals surface area contributed by atoms with Gasteiger partial charge in [0, 0.05) is 12.6 Å². The van der Waals surface area contributed by atoms with Gasteiger partial charge < -0.3 is 15.0 Å². The van der Waals surface area contributed by atoms with Gasteiger partial charge in [-0.1, -0.05) is 19.4 Å². The lowest BCUT2D eigenvalue weighted by atomic mass is 10.1. The molecule has 3 nitrogen and oxygen atoms in total. The number of hydrogen-bond acceptors (Lipinski definition) is 3. The van der Waals surface area contributed by atoms with Crippen molar-refractivity contribution >= 4 is 0 Å².